The maximum absolute atomic E-state index is 13.4. The highest BCUT2D eigenvalue weighted by Crippen LogP contribution is 2.33. The summed E-state index contributed by atoms with van der Waals surface area (Å²) in [6.07, 6.45) is 4.53. The van der Waals surface area contributed by atoms with E-state index in [1.165, 1.54) is 11.6 Å². The smallest absolute Gasteiger partial charge is 0.123 e. The van der Waals surface area contributed by atoms with Crippen LogP contribution in [0.5, 0.6) is 0 Å². The van der Waals surface area contributed by atoms with Crippen LogP contribution in [0.15, 0.2) is 47.2 Å². The van der Waals surface area contributed by atoms with Crippen molar-refractivity contribution in [1.82, 2.24) is 10.3 Å². The summed E-state index contributed by atoms with van der Waals surface area (Å²) >= 11 is 3.44. The van der Waals surface area contributed by atoms with Gasteiger partial charge < -0.3 is 5.32 Å². The van der Waals surface area contributed by atoms with Gasteiger partial charge in [-0.15, -0.1) is 0 Å². The number of hydrogen-bond donors (Lipinski definition) is 1. The van der Waals surface area contributed by atoms with E-state index in [9.17, 15) is 4.39 Å². The summed E-state index contributed by atoms with van der Waals surface area (Å²) in [5.41, 5.74) is 2.22. The third kappa shape index (κ3) is 2.55. The van der Waals surface area contributed by atoms with Crippen molar-refractivity contribution >= 4 is 15.9 Å². The summed E-state index contributed by atoms with van der Waals surface area (Å²) in [6.45, 7) is 1.76. The molecule has 0 radical (unpaired) electrons. The summed E-state index contributed by atoms with van der Waals surface area (Å²) in [4.78, 5) is 4.20. The number of nitrogens with zero attached hydrogens (tertiary/aromatic N) is 1. The Labute approximate surface area is 120 Å². The molecule has 0 spiro atoms. The molecule has 1 aromatic heterocycles. The Bertz CT molecular complexity index is 596. The van der Waals surface area contributed by atoms with Gasteiger partial charge in [-0.3, -0.25) is 4.98 Å². The number of rotatable bonds is 3. The summed E-state index contributed by atoms with van der Waals surface area (Å²) < 4.78 is 14.4. The minimum Gasteiger partial charge on any atom is -0.315 e. The highest BCUT2D eigenvalue weighted by molar-refractivity contribution is 9.10. The molecule has 0 atom stereocenters. The molecule has 98 valence electrons. The Balaban J connectivity index is 1.91. The number of benzene rings is 1. The van der Waals surface area contributed by atoms with Gasteiger partial charge in [-0.1, -0.05) is 12.1 Å². The van der Waals surface area contributed by atoms with E-state index < -0.39 is 0 Å². The van der Waals surface area contributed by atoms with Crippen LogP contribution in [0, 0.1) is 5.82 Å². The van der Waals surface area contributed by atoms with Crippen molar-refractivity contribution < 1.29 is 4.39 Å². The van der Waals surface area contributed by atoms with Crippen LogP contribution in [0.4, 0.5) is 4.39 Å². The zero-order valence-electron chi connectivity index (χ0n) is 10.4. The average Bonchev–Trinajstić information content (AvgIpc) is 2.34. The van der Waals surface area contributed by atoms with Crippen LogP contribution in [-0.2, 0) is 11.8 Å². The van der Waals surface area contributed by atoms with Gasteiger partial charge in [-0.05, 0) is 51.7 Å². The monoisotopic (exact) mass is 320 g/mol. The Morgan fingerprint density at radius 2 is 2.11 bits per heavy atom. The predicted octanol–water partition coefficient (Wildman–Crippen LogP) is 3.07. The van der Waals surface area contributed by atoms with Crippen molar-refractivity contribution in [1.29, 1.82) is 0 Å². The highest BCUT2D eigenvalue weighted by Gasteiger charge is 2.38. The van der Waals surface area contributed by atoms with E-state index in [-0.39, 0.29) is 11.2 Å². The Kier molecular flexibility index (Phi) is 3.37. The minimum absolute atomic E-state index is 0.00935. The first-order valence-corrected chi connectivity index (χ1v) is 7.03. The molecule has 1 fully saturated rings. The molecule has 1 aliphatic rings. The molecule has 4 heteroatoms. The first-order chi connectivity index (χ1) is 9.18. The molecule has 19 heavy (non-hydrogen) atoms. The van der Waals surface area contributed by atoms with Gasteiger partial charge in [0, 0.05) is 35.4 Å². The highest BCUT2D eigenvalue weighted by atomic mass is 79.9. The van der Waals surface area contributed by atoms with Crippen molar-refractivity contribution in [3.8, 4) is 0 Å². The predicted molar refractivity (Wildman–Crippen MR) is 76.6 cm³/mol. The molecule has 0 bridgehead atoms. The van der Waals surface area contributed by atoms with Gasteiger partial charge in [0.1, 0.15) is 5.82 Å². The Morgan fingerprint density at radius 3 is 2.74 bits per heavy atom. The topological polar surface area (TPSA) is 24.9 Å². The lowest BCUT2D eigenvalue weighted by atomic mass is 9.71. The van der Waals surface area contributed by atoms with Crippen molar-refractivity contribution in [3.63, 3.8) is 0 Å². The second kappa shape index (κ2) is 5.02. The molecule has 1 aliphatic heterocycles. The molecule has 1 saturated heterocycles. The van der Waals surface area contributed by atoms with Crippen LogP contribution in [0.25, 0.3) is 0 Å². The van der Waals surface area contributed by atoms with Crippen LogP contribution in [-0.4, -0.2) is 18.1 Å². The molecule has 2 nitrogen and oxygen atoms in total. The third-order valence-electron chi connectivity index (χ3n) is 3.67. The van der Waals surface area contributed by atoms with E-state index in [0.717, 1.165) is 29.5 Å². The number of nitrogens with one attached hydrogen (secondary N) is 1. The second-order valence-electron chi connectivity index (χ2n) is 5.08. The van der Waals surface area contributed by atoms with Gasteiger partial charge in [0.05, 0.1) is 0 Å². The zero-order valence-corrected chi connectivity index (χ0v) is 12.0. The van der Waals surface area contributed by atoms with Gasteiger partial charge in [0.15, 0.2) is 0 Å². The van der Waals surface area contributed by atoms with E-state index >= 15 is 0 Å². The SMILES string of the molecule is Fc1cccc(C2(Cc3cncc(Br)c3)CNC2)c1. The Morgan fingerprint density at radius 1 is 1.26 bits per heavy atom. The lowest BCUT2D eigenvalue weighted by Gasteiger charge is -2.43. The van der Waals surface area contributed by atoms with Crippen molar-refractivity contribution in [2.24, 2.45) is 0 Å². The maximum Gasteiger partial charge on any atom is 0.123 e. The van der Waals surface area contributed by atoms with E-state index in [1.54, 1.807) is 18.3 Å². The standard InChI is InChI=1S/C15H14BrFN2/c16-13-4-11(7-18-8-13)6-15(9-19-10-15)12-2-1-3-14(17)5-12/h1-5,7-8,19H,6,9-10H2. The molecule has 0 amide bonds. The fraction of sp³-hybridized carbons (Fsp3) is 0.267. The molecule has 1 N–H and O–H groups in total. The molecular formula is C15H14BrFN2. The zero-order chi connectivity index (χ0) is 13.3. The van der Waals surface area contributed by atoms with Crippen LogP contribution in [0.1, 0.15) is 11.1 Å². The molecule has 2 heterocycles. The normalized spacial score (nSPS) is 16.9. The van der Waals surface area contributed by atoms with Crippen LogP contribution in [0.3, 0.4) is 0 Å². The summed E-state index contributed by atoms with van der Waals surface area (Å²) in [5, 5.41) is 3.30. The van der Waals surface area contributed by atoms with Crippen LogP contribution < -0.4 is 5.32 Å². The number of halogens is 2. The average molecular weight is 321 g/mol. The molecule has 0 unspecified atom stereocenters. The lowest BCUT2D eigenvalue weighted by molar-refractivity contribution is 0.273. The fourth-order valence-electron chi connectivity index (χ4n) is 2.62. The fourth-order valence-corrected chi connectivity index (χ4v) is 3.03. The number of aromatic nitrogens is 1. The molecule has 2 aromatic rings. The number of hydrogen-bond acceptors (Lipinski definition) is 2. The van der Waals surface area contributed by atoms with Crippen LogP contribution >= 0.6 is 15.9 Å². The summed E-state index contributed by atoms with van der Waals surface area (Å²) in [5.74, 6) is -0.170. The maximum atomic E-state index is 13.4. The number of pyridine rings is 1. The minimum atomic E-state index is -0.170. The van der Waals surface area contributed by atoms with Crippen molar-refractivity contribution in [3.05, 3.63) is 64.1 Å². The molecule has 1 aromatic carbocycles. The Hall–Kier alpha value is -1.26. The lowest BCUT2D eigenvalue weighted by Crippen LogP contribution is -2.58. The van der Waals surface area contributed by atoms with Crippen LogP contribution in [0.2, 0.25) is 0 Å². The van der Waals surface area contributed by atoms with Gasteiger partial charge in [0.2, 0.25) is 0 Å². The van der Waals surface area contributed by atoms with E-state index in [4.69, 9.17) is 0 Å². The summed E-state index contributed by atoms with van der Waals surface area (Å²) in [7, 11) is 0. The van der Waals surface area contributed by atoms with Gasteiger partial charge in [-0.25, -0.2) is 4.39 Å². The first-order valence-electron chi connectivity index (χ1n) is 6.24. The second-order valence-corrected chi connectivity index (χ2v) is 6.00. The van der Waals surface area contributed by atoms with Crippen molar-refractivity contribution in [2.75, 3.05) is 13.1 Å². The van der Waals surface area contributed by atoms with E-state index in [1.807, 2.05) is 12.3 Å². The molecule has 0 saturated carbocycles. The largest absolute Gasteiger partial charge is 0.315 e. The molecule has 3 rings (SSSR count). The van der Waals surface area contributed by atoms with Gasteiger partial charge >= 0.3 is 0 Å². The van der Waals surface area contributed by atoms with E-state index in [0.29, 0.717) is 0 Å². The third-order valence-corrected chi connectivity index (χ3v) is 4.10. The molecular weight excluding hydrogens is 307 g/mol. The van der Waals surface area contributed by atoms with E-state index in [2.05, 4.69) is 32.3 Å². The first kappa shape index (κ1) is 12.8. The van der Waals surface area contributed by atoms with Crippen molar-refractivity contribution in [2.45, 2.75) is 11.8 Å². The summed E-state index contributed by atoms with van der Waals surface area (Å²) in [6, 6.07) is 9.00. The molecule has 0 aliphatic carbocycles. The van der Waals surface area contributed by atoms with Gasteiger partial charge in [-0.2, -0.15) is 0 Å². The van der Waals surface area contributed by atoms with Gasteiger partial charge in [0.25, 0.3) is 0 Å². The quantitative estimate of drug-likeness (QED) is 0.940.